The highest BCUT2D eigenvalue weighted by Crippen LogP contribution is 2.29. The van der Waals surface area contributed by atoms with Crippen molar-refractivity contribution < 1.29 is 9.53 Å². The van der Waals surface area contributed by atoms with Crippen molar-refractivity contribution in [2.24, 2.45) is 11.8 Å². The van der Waals surface area contributed by atoms with Gasteiger partial charge < -0.3 is 9.64 Å². The third kappa shape index (κ3) is 3.99. The molecule has 0 spiro atoms. The van der Waals surface area contributed by atoms with Crippen molar-refractivity contribution in [2.45, 2.75) is 44.9 Å². The Bertz CT molecular complexity index is 463. The van der Waals surface area contributed by atoms with Gasteiger partial charge in [0.05, 0.1) is 6.61 Å². The molecule has 22 heavy (non-hydrogen) atoms. The highest BCUT2D eigenvalue weighted by Gasteiger charge is 2.29. The highest BCUT2D eigenvalue weighted by molar-refractivity contribution is 5.79. The van der Waals surface area contributed by atoms with E-state index in [-0.39, 0.29) is 0 Å². The van der Waals surface area contributed by atoms with Gasteiger partial charge >= 0.3 is 0 Å². The van der Waals surface area contributed by atoms with Crippen LogP contribution >= 0.6 is 0 Å². The lowest BCUT2D eigenvalue weighted by Crippen LogP contribution is -2.41. The highest BCUT2D eigenvalue weighted by atomic mass is 16.5. The number of nitrogens with zero attached hydrogens (tertiary/aromatic N) is 2. The predicted molar refractivity (Wildman–Crippen MR) is 85.6 cm³/mol. The quantitative estimate of drug-likeness (QED) is 0.838. The fourth-order valence-electron chi connectivity index (χ4n) is 3.65. The summed E-state index contributed by atoms with van der Waals surface area (Å²) in [5.41, 5.74) is 0. The standard InChI is InChI=1S/C18H26N2O2/c21-18(16-3-1-2-4-16)20-12-7-15(8-13-20)9-14-22-17-5-10-19-11-6-17/h5-6,10-11,15-16H,1-4,7-9,12-14H2. The van der Waals surface area contributed by atoms with Gasteiger partial charge in [-0.3, -0.25) is 9.78 Å². The first-order valence-corrected chi connectivity index (χ1v) is 8.64. The number of piperidine rings is 1. The minimum absolute atomic E-state index is 0.326. The van der Waals surface area contributed by atoms with Crippen LogP contribution in [0, 0.1) is 11.8 Å². The molecule has 1 saturated heterocycles. The summed E-state index contributed by atoms with van der Waals surface area (Å²) >= 11 is 0. The van der Waals surface area contributed by atoms with Crippen LogP contribution in [0.3, 0.4) is 0 Å². The van der Waals surface area contributed by atoms with Gasteiger partial charge in [0.2, 0.25) is 5.91 Å². The molecule has 0 bridgehead atoms. The van der Waals surface area contributed by atoms with E-state index in [1.165, 1.54) is 12.8 Å². The number of carbonyl (C=O) groups excluding carboxylic acids is 1. The molecule has 1 aromatic rings. The lowest BCUT2D eigenvalue weighted by atomic mass is 9.93. The van der Waals surface area contributed by atoms with Gasteiger partial charge in [0.1, 0.15) is 5.75 Å². The predicted octanol–water partition coefficient (Wildman–Crippen LogP) is 3.28. The Kier molecular flexibility index (Phi) is 5.30. The van der Waals surface area contributed by atoms with Crippen LogP contribution in [0.4, 0.5) is 0 Å². The van der Waals surface area contributed by atoms with E-state index < -0.39 is 0 Å². The summed E-state index contributed by atoms with van der Waals surface area (Å²) in [5.74, 6) is 2.33. The van der Waals surface area contributed by atoms with Crippen molar-refractivity contribution in [3.63, 3.8) is 0 Å². The first kappa shape index (κ1) is 15.3. The Labute approximate surface area is 132 Å². The number of amides is 1. The average molecular weight is 302 g/mol. The number of likely N-dealkylation sites (tertiary alicyclic amines) is 1. The van der Waals surface area contributed by atoms with Crippen LogP contribution in [-0.4, -0.2) is 35.5 Å². The molecule has 1 aliphatic heterocycles. The van der Waals surface area contributed by atoms with Crippen LogP contribution in [-0.2, 0) is 4.79 Å². The van der Waals surface area contributed by atoms with Crippen molar-refractivity contribution in [1.82, 2.24) is 9.88 Å². The molecule has 0 radical (unpaired) electrons. The van der Waals surface area contributed by atoms with E-state index >= 15 is 0 Å². The van der Waals surface area contributed by atoms with Gasteiger partial charge in [-0.1, -0.05) is 12.8 Å². The molecule has 1 saturated carbocycles. The average Bonchev–Trinajstić information content (AvgIpc) is 3.10. The number of carbonyl (C=O) groups is 1. The van der Waals surface area contributed by atoms with Crippen molar-refractivity contribution in [3.05, 3.63) is 24.5 Å². The maximum absolute atomic E-state index is 12.4. The van der Waals surface area contributed by atoms with Crippen LogP contribution in [0.1, 0.15) is 44.9 Å². The third-order valence-electron chi connectivity index (χ3n) is 5.08. The Morgan fingerprint density at radius 2 is 1.82 bits per heavy atom. The molecule has 1 aromatic heterocycles. The Morgan fingerprint density at radius 1 is 1.14 bits per heavy atom. The SMILES string of the molecule is O=C(C1CCCC1)N1CCC(CCOc2ccncc2)CC1. The minimum atomic E-state index is 0.326. The van der Waals surface area contributed by atoms with Gasteiger partial charge in [-0.25, -0.2) is 0 Å². The van der Waals surface area contributed by atoms with Crippen LogP contribution in [0.15, 0.2) is 24.5 Å². The minimum Gasteiger partial charge on any atom is -0.493 e. The van der Waals surface area contributed by atoms with Crippen LogP contribution in [0.25, 0.3) is 0 Å². The molecule has 1 aliphatic carbocycles. The smallest absolute Gasteiger partial charge is 0.225 e. The molecule has 0 aromatic carbocycles. The van der Waals surface area contributed by atoms with Crippen molar-refractivity contribution in [2.75, 3.05) is 19.7 Å². The molecule has 0 atom stereocenters. The van der Waals surface area contributed by atoms with E-state index in [9.17, 15) is 4.79 Å². The van der Waals surface area contributed by atoms with Crippen molar-refractivity contribution >= 4 is 5.91 Å². The van der Waals surface area contributed by atoms with Crippen LogP contribution in [0.2, 0.25) is 0 Å². The fraction of sp³-hybridized carbons (Fsp3) is 0.667. The molecule has 0 N–H and O–H groups in total. The van der Waals surface area contributed by atoms with E-state index in [0.29, 0.717) is 17.7 Å². The monoisotopic (exact) mass is 302 g/mol. The van der Waals surface area contributed by atoms with E-state index in [2.05, 4.69) is 9.88 Å². The fourth-order valence-corrected chi connectivity index (χ4v) is 3.65. The van der Waals surface area contributed by atoms with E-state index in [1.54, 1.807) is 12.4 Å². The first-order valence-electron chi connectivity index (χ1n) is 8.64. The molecule has 0 unspecified atom stereocenters. The maximum Gasteiger partial charge on any atom is 0.225 e. The Morgan fingerprint density at radius 3 is 2.50 bits per heavy atom. The van der Waals surface area contributed by atoms with Gasteiger partial charge in [0, 0.05) is 31.4 Å². The maximum atomic E-state index is 12.4. The first-order chi connectivity index (χ1) is 10.8. The van der Waals surface area contributed by atoms with Gasteiger partial charge in [-0.15, -0.1) is 0 Å². The molecule has 2 fully saturated rings. The molecular weight excluding hydrogens is 276 g/mol. The van der Waals surface area contributed by atoms with Crippen LogP contribution in [0.5, 0.6) is 5.75 Å². The van der Waals surface area contributed by atoms with Crippen molar-refractivity contribution in [1.29, 1.82) is 0 Å². The van der Waals surface area contributed by atoms with Gasteiger partial charge in [0.25, 0.3) is 0 Å². The van der Waals surface area contributed by atoms with Gasteiger partial charge in [-0.05, 0) is 50.2 Å². The molecule has 4 nitrogen and oxygen atoms in total. The molecule has 120 valence electrons. The van der Waals surface area contributed by atoms with Gasteiger partial charge in [0.15, 0.2) is 0 Å². The summed E-state index contributed by atoms with van der Waals surface area (Å²) in [6, 6.07) is 3.78. The molecular formula is C18H26N2O2. The molecule has 2 heterocycles. The van der Waals surface area contributed by atoms with E-state index in [4.69, 9.17) is 4.74 Å². The number of pyridine rings is 1. The summed E-state index contributed by atoms with van der Waals surface area (Å²) in [4.78, 5) is 18.5. The lowest BCUT2D eigenvalue weighted by molar-refractivity contribution is -0.136. The van der Waals surface area contributed by atoms with E-state index in [1.807, 2.05) is 12.1 Å². The number of ether oxygens (including phenoxy) is 1. The second-order valence-electron chi connectivity index (χ2n) is 6.57. The number of rotatable bonds is 5. The molecule has 1 amide bonds. The Balaban J connectivity index is 1.36. The molecule has 2 aliphatic rings. The zero-order valence-corrected chi connectivity index (χ0v) is 13.2. The second-order valence-corrected chi connectivity index (χ2v) is 6.57. The summed E-state index contributed by atoms with van der Waals surface area (Å²) in [7, 11) is 0. The normalized spacial score (nSPS) is 20.3. The molecule has 3 rings (SSSR count). The zero-order chi connectivity index (χ0) is 15.2. The summed E-state index contributed by atoms with van der Waals surface area (Å²) < 4.78 is 5.74. The molecule has 4 heteroatoms. The number of aromatic nitrogens is 1. The summed E-state index contributed by atoms with van der Waals surface area (Å²) in [6.45, 7) is 2.63. The van der Waals surface area contributed by atoms with Gasteiger partial charge in [-0.2, -0.15) is 0 Å². The summed E-state index contributed by atoms with van der Waals surface area (Å²) in [5, 5.41) is 0. The van der Waals surface area contributed by atoms with E-state index in [0.717, 1.165) is 57.6 Å². The Hall–Kier alpha value is -1.58. The number of hydrogen-bond donors (Lipinski definition) is 0. The van der Waals surface area contributed by atoms with Crippen molar-refractivity contribution in [3.8, 4) is 5.75 Å². The third-order valence-corrected chi connectivity index (χ3v) is 5.08. The number of hydrogen-bond acceptors (Lipinski definition) is 3. The topological polar surface area (TPSA) is 42.4 Å². The van der Waals surface area contributed by atoms with Crippen LogP contribution < -0.4 is 4.74 Å². The largest absolute Gasteiger partial charge is 0.493 e. The summed E-state index contributed by atoms with van der Waals surface area (Å²) in [6.07, 6.45) is 11.5. The lowest BCUT2D eigenvalue weighted by Gasteiger charge is -2.33. The second kappa shape index (κ2) is 7.61. The zero-order valence-electron chi connectivity index (χ0n) is 13.2.